The summed E-state index contributed by atoms with van der Waals surface area (Å²) in [5.74, 6) is -0.250. The van der Waals surface area contributed by atoms with E-state index in [-0.39, 0.29) is 23.6 Å². The molecule has 1 fully saturated rings. The summed E-state index contributed by atoms with van der Waals surface area (Å²) in [6.07, 6.45) is 5.65. The number of ether oxygens (including phenoxy) is 2. The van der Waals surface area contributed by atoms with E-state index in [2.05, 4.69) is 25.8 Å². The zero-order valence-corrected chi connectivity index (χ0v) is 13.5. The molecule has 0 spiro atoms. The van der Waals surface area contributed by atoms with E-state index in [0.29, 0.717) is 4.88 Å². The normalized spacial score (nSPS) is 23.6. The van der Waals surface area contributed by atoms with E-state index < -0.39 is 0 Å². The molecule has 1 aliphatic rings. The van der Waals surface area contributed by atoms with Gasteiger partial charge in [0.05, 0.1) is 17.3 Å². The predicted octanol–water partition coefficient (Wildman–Crippen LogP) is 3.56. The largest absolute Gasteiger partial charge is 0.458 e. The number of aromatic nitrogens is 1. The molecule has 2 rings (SSSR count). The fraction of sp³-hybridized carbons (Fsp3) is 0.733. The minimum atomic E-state index is -0.250. The molecule has 0 aromatic carbocycles. The summed E-state index contributed by atoms with van der Waals surface area (Å²) in [6, 6.07) is 0. The topological polar surface area (TPSA) is 48.4 Å². The molecular formula is C15H23NO3S. The Bertz CT molecular complexity index is 464. The molecule has 0 N–H and O–H groups in total. The second-order valence-corrected chi connectivity index (χ2v) is 7.36. The summed E-state index contributed by atoms with van der Waals surface area (Å²) < 4.78 is 10.9. The fourth-order valence-electron chi connectivity index (χ4n) is 2.35. The van der Waals surface area contributed by atoms with Gasteiger partial charge in [0.25, 0.3) is 0 Å². The first-order valence-electron chi connectivity index (χ1n) is 7.10. The lowest BCUT2D eigenvalue weighted by Gasteiger charge is -2.27. The van der Waals surface area contributed by atoms with Crippen molar-refractivity contribution in [3.8, 4) is 0 Å². The van der Waals surface area contributed by atoms with Crippen LogP contribution >= 0.6 is 11.3 Å². The highest BCUT2D eigenvalue weighted by Crippen LogP contribution is 2.28. The Labute approximate surface area is 124 Å². The van der Waals surface area contributed by atoms with E-state index in [1.807, 2.05) is 0 Å². The predicted molar refractivity (Wildman–Crippen MR) is 79.3 cm³/mol. The highest BCUT2D eigenvalue weighted by molar-refractivity contribution is 7.13. The highest BCUT2D eigenvalue weighted by Gasteiger charge is 2.27. The van der Waals surface area contributed by atoms with Crippen LogP contribution in [0.1, 0.15) is 61.1 Å². The molecule has 0 saturated heterocycles. The molecule has 0 amide bonds. The molecule has 1 heterocycles. The highest BCUT2D eigenvalue weighted by atomic mass is 32.1. The van der Waals surface area contributed by atoms with Crippen LogP contribution in [0.5, 0.6) is 0 Å². The van der Waals surface area contributed by atoms with Gasteiger partial charge in [-0.2, -0.15) is 0 Å². The summed E-state index contributed by atoms with van der Waals surface area (Å²) in [7, 11) is 1.72. The Morgan fingerprint density at radius 2 is 2.05 bits per heavy atom. The lowest BCUT2D eigenvalue weighted by atomic mass is 9.95. The SMILES string of the molecule is CO[C@H]1CCC[C@H](OC(=O)c2cnc(C(C)(C)C)s2)C1. The van der Waals surface area contributed by atoms with E-state index >= 15 is 0 Å². The smallest absolute Gasteiger partial charge is 0.350 e. The zero-order valence-electron chi connectivity index (χ0n) is 12.6. The lowest BCUT2D eigenvalue weighted by Crippen LogP contribution is -2.29. The van der Waals surface area contributed by atoms with Gasteiger partial charge in [0.2, 0.25) is 0 Å². The van der Waals surface area contributed by atoms with Gasteiger partial charge in [-0.15, -0.1) is 11.3 Å². The van der Waals surface area contributed by atoms with Crippen LogP contribution < -0.4 is 0 Å². The molecule has 2 atom stereocenters. The number of carbonyl (C=O) groups excluding carboxylic acids is 1. The molecule has 1 aliphatic carbocycles. The number of carbonyl (C=O) groups is 1. The van der Waals surface area contributed by atoms with E-state index in [1.54, 1.807) is 13.3 Å². The van der Waals surface area contributed by atoms with E-state index in [0.717, 1.165) is 30.7 Å². The van der Waals surface area contributed by atoms with Gasteiger partial charge in [0.15, 0.2) is 0 Å². The monoisotopic (exact) mass is 297 g/mol. The average Bonchev–Trinajstić information content (AvgIpc) is 2.88. The van der Waals surface area contributed by atoms with Crippen molar-refractivity contribution in [2.45, 2.75) is 64.1 Å². The third-order valence-corrected chi connectivity index (χ3v) is 4.94. The van der Waals surface area contributed by atoms with Crippen LogP contribution in [0.3, 0.4) is 0 Å². The van der Waals surface area contributed by atoms with Crippen LogP contribution in [0.2, 0.25) is 0 Å². The van der Waals surface area contributed by atoms with Crippen LogP contribution in [0.4, 0.5) is 0 Å². The van der Waals surface area contributed by atoms with E-state index in [9.17, 15) is 4.79 Å². The first-order valence-corrected chi connectivity index (χ1v) is 7.92. The van der Waals surface area contributed by atoms with Crippen molar-refractivity contribution < 1.29 is 14.3 Å². The van der Waals surface area contributed by atoms with Crippen molar-refractivity contribution in [1.82, 2.24) is 4.98 Å². The number of esters is 1. The molecule has 1 saturated carbocycles. The Hall–Kier alpha value is -0.940. The average molecular weight is 297 g/mol. The maximum absolute atomic E-state index is 12.2. The summed E-state index contributed by atoms with van der Waals surface area (Å²) in [6.45, 7) is 6.27. The van der Waals surface area contributed by atoms with Crippen molar-refractivity contribution in [2.24, 2.45) is 0 Å². The molecule has 0 unspecified atom stereocenters. The van der Waals surface area contributed by atoms with E-state index in [1.165, 1.54) is 11.3 Å². The molecule has 112 valence electrons. The van der Waals surface area contributed by atoms with Crippen LogP contribution in [0.15, 0.2) is 6.20 Å². The van der Waals surface area contributed by atoms with Gasteiger partial charge in [-0.05, 0) is 19.3 Å². The second kappa shape index (κ2) is 6.22. The maximum atomic E-state index is 12.2. The number of rotatable bonds is 3. The Kier molecular flexibility index (Phi) is 4.81. The van der Waals surface area contributed by atoms with Gasteiger partial charge in [-0.1, -0.05) is 20.8 Å². The van der Waals surface area contributed by atoms with Gasteiger partial charge in [-0.25, -0.2) is 9.78 Å². The van der Waals surface area contributed by atoms with Gasteiger partial charge in [0, 0.05) is 18.9 Å². The molecule has 0 radical (unpaired) electrons. The van der Waals surface area contributed by atoms with Crippen LogP contribution in [-0.4, -0.2) is 30.3 Å². The Morgan fingerprint density at radius 1 is 1.35 bits per heavy atom. The van der Waals surface area contributed by atoms with Crippen LogP contribution in [0.25, 0.3) is 0 Å². The summed E-state index contributed by atoms with van der Waals surface area (Å²) in [5, 5.41) is 0.961. The van der Waals surface area contributed by atoms with Crippen LogP contribution in [-0.2, 0) is 14.9 Å². The van der Waals surface area contributed by atoms with Crippen molar-refractivity contribution in [3.63, 3.8) is 0 Å². The molecule has 5 heteroatoms. The van der Waals surface area contributed by atoms with Crippen molar-refractivity contribution in [3.05, 3.63) is 16.1 Å². The minimum absolute atomic E-state index is 0.0265. The second-order valence-electron chi connectivity index (χ2n) is 6.33. The first kappa shape index (κ1) is 15.4. The number of methoxy groups -OCH3 is 1. The molecule has 4 nitrogen and oxygen atoms in total. The van der Waals surface area contributed by atoms with Gasteiger partial charge in [0.1, 0.15) is 11.0 Å². The molecule has 0 bridgehead atoms. The molecule has 1 aromatic heterocycles. The summed E-state index contributed by atoms with van der Waals surface area (Å²) >= 11 is 1.43. The lowest BCUT2D eigenvalue weighted by molar-refractivity contribution is -0.0146. The Morgan fingerprint density at radius 3 is 2.65 bits per heavy atom. The Balaban J connectivity index is 1.96. The summed E-state index contributed by atoms with van der Waals surface area (Å²) in [5.41, 5.74) is -0.0326. The zero-order chi connectivity index (χ0) is 14.8. The van der Waals surface area contributed by atoms with Crippen molar-refractivity contribution >= 4 is 17.3 Å². The van der Waals surface area contributed by atoms with Crippen molar-refractivity contribution in [1.29, 1.82) is 0 Å². The molecule has 1 aromatic rings. The van der Waals surface area contributed by atoms with Gasteiger partial charge in [-0.3, -0.25) is 0 Å². The third-order valence-electron chi connectivity index (χ3n) is 3.53. The van der Waals surface area contributed by atoms with Crippen molar-refractivity contribution in [2.75, 3.05) is 7.11 Å². The molecule has 0 aliphatic heterocycles. The van der Waals surface area contributed by atoms with Gasteiger partial charge < -0.3 is 9.47 Å². The van der Waals surface area contributed by atoms with E-state index in [4.69, 9.17) is 9.47 Å². The maximum Gasteiger partial charge on any atom is 0.350 e. The standard InChI is InChI=1S/C15H23NO3S/c1-15(2,3)14-16-9-12(20-14)13(17)19-11-7-5-6-10(8-11)18-4/h9-11H,5-8H2,1-4H3/t10-,11-/m0/s1. The number of hydrogen-bond donors (Lipinski definition) is 0. The first-order chi connectivity index (χ1) is 9.40. The number of nitrogens with zero attached hydrogens (tertiary/aromatic N) is 1. The van der Waals surface area contributed by atoms with Crippen LogP contribution in [0, 0.1) is 0 Å². The quantitative estimate of drug-likeness (QED) is 0.800. The molecular weight excluding hydrogens is 274 g/mol. The third kappa shape index (κ3) is 3.79. The minimum Gasteiger partial charge on any atom is -0.458 e. The number of hydrogen-bond acceptors (Lipinski definition) is 5. The summed E-state index contributed by atoms with van der Waals surface area (Å²) in [4.78, 5) is 17.1. The number of thiazole rings is 1. The fourth-order valence-corrected chi connectivity index (χ4v) is 3.20. The molecule has 20 heavy (non-hydrogen) atoms. The van der Waals surface area contributed by atoms with Gasteiger partial charge >= 0.3 is 5.97 Å².